The van der Waals surface area contributed by atoms with Gasteiger partial charge >= 0.3 is 0 Å². The summed E-state index contributed by atoms with van der Waals surface area (Å²) in [7, 11) is 0. The van der Waals surface area contributed by atoms with Crippen molar-refractivity contribution in [2.24, 2.45) is 0 Å². The summed E-state index contributed by atoms with van der Waals surface area (Å²) in [5.74, 6) is 0. The maximum atomic E-state index is 4.60. The fourth-order valence-corrected chi connectivity index (χ4v) is 4.74. The van der Waals surface area contributed by atoms with Gasteiger partial charge in [-0.15, -0.1) is 21.5 Å². The number of anilines is 1. The average molecular weight is 307 g/mol. The van der Waals surface area contributed by atoms with Crippen molar-refractivity contribution in [2.75, 3.05) is 18.0 Å². The first kappa shape index (κ1) is 12.7. The van der Waals surface area contributed by atoms with Crippen LogP contribution in [0.3, 0.4) is 0 Å². The lowest BCUT2D eigenvalue weighted by Crippen LogP contribution is -2.36. The molecule has 2 atom stereocenters. The van der Waals surface area contributed by atoms with Gasteiger partial charge in [0.05, 0.1) is 10.7 Å². The molecule has 0 amide bonds. The molecule has 0 unspecified atom stereocenters. The lowest BCUT2D eigenvalue weighted by Gasteiger charge is -2.24. The Morgan fingerprint density at radius 3 is 2.90 bits per heavy atom. The second kappa shape index (κ2) is 5.05. The van der Waals surface area contributed by atoms with Crippen molar-refractivity contribution in [3.05, 3.63) is 21.6 Å². The van der Waals surface area contributed by atoms with Crippen molar-refractivity contribution in [2.45, 2.75) is 38.4 Å². The molecule has 20 heavy (non-hydrogen) atoms. The average Bonchev–Trinajstić information content (AvgIpc) is 3.16. The van der Waals surface area contributed by atoms with E-state index >= 15 is 0 Å². The molecule has 0 spiro atoms. The van der Waals surface area contributed by atoms with Gasteiger partial charge in [0, 0.05) is 37.1 Å². The SMILES string of the molecule is Cc1nc(CN2CC[C@@H]3[C@@H]2CCN3c2nncs2)cs1. The molecule has 0 aliphatic carbocycles. The Kier molecular flexibility index (Phi) is 3.20. The third-order valence-corrected chi connectivity index (χ3v) is 5.87. The van der Waals surface area contributed by atoms with Gasteiger partial charge in [0.2, 0.25) is 5.13 Å². The number of likely N-dealkylation sites (tertiary alicyclic amines) is 1. The Balaban J connectivity index is 1.48. The molecule has 7 heteroatoms. The second-order valence-corrected chi connectivity index (χ2v) is 7.33. The van der Waals surface area contributed by atoms with Crippen molar-refractivity contribution in [3.8, 4) is 0 Å². The summed E-state index contributed by atoms with van der Waals surface area (Å²) in [4.78, 5) is 9.65. The van der Waals surface area contributed by atoms with E-state index in [1.807, 2.05) is 5.51 Å². The topological polar surface area (TPSA) is 45.2 Å². The van der Waals surface area contributed by atoms with E-state index in [-0.39, 0.29) is 0 Å². The molecule has 0 aromatic carbocycles. The van der Waals surface area contributed by atoms with Crippen LogP contribution in [0.2, 0.25) is 0 Å². The fraction of sp³-hybridized carbons (Fsp3) is 0.615. The van der Waals surface area contributed by atoms with E-state index < -0.39 is 0 Å². The van der Waals surface area contributed by atoms with E-state index in [4.69, 9.17) is 0 Å². The molecule has 2 aromatic heterocycles. The monoisotopic (exact) mass is 307 g/mol. The number of aromatic nitrogens is 3. The summed E-state index contributed by atoms with van der Waals surface area (Å²) in [5.41, 5.74) is 3.05. The van der Waals surface area contributed by atoms with E-state index in [0.717, 1.165) is 23.2 Å². The number of aryl methyl sites for hydroxylation is 1. The van der Waals surface area contributed by atoms with E-state index in [1.54, 1.807) is 22.7 Å². The number of hydrogen-bond donors (Lipinski definition) is 0. The summed E-state index contributed by atoms with van der Waals surface area (Å²) in [6.45, 7) is 5.35. The molecule has 2 saturated heterocycles. The van der Waals surface area contributed by atoms with Crippen LogP contribution in [0.4, 0.5) is 5.13 Å². The number of thiazole rings is 1. The number of fused-ring (bicyclic) bond motifs is 1. The molecule has 4 rings (SSSR count). The Labute approximate surface area is 126 Å². The highest BCUT2D eigenvalue weighted by Gasteiger charge is 2.43. The van der Waals surface area contributed by atoms with Crippen molar-refractivity contribution in [1.82, 2.24) is 20.1 Å². The molecular weight excluding hydrogens is 290 g/mol. The molecular formula is C13H17N5S2. The van der Waals surface area contributed by atoms with Crippen LogP contribution in [0.5, 0.6) is 0 Å². The molecule has 2 aliphatic rings. The Morgan fingerprint density at radius 1 is 1.25 bits per heavy atom. The summed E-state index contributed by atoms with van der Waals surface area (Å²) in [6.07, 6.45) is 2.46. The zero-order valence-corrected chi connectivity index (χ0v) is 13.0. The van der Waals surface area contributed by atoms with Gasteiger partial charge < -0.3 is 4.90 Å². The lowest BCUT2D eigenvalue weighted by molar-refractivity contribution is 0.243. The van der Waals surface area contributed by atoms with Crippen LogP contribution < -0.4 is 4.90 Å². The van der Waals surface area contributed by atoms with Crippen molar-refractivity contribution in [1.29, 1.82) is 0 Å². The van der Waals surface area contributed by atoms with Gasteiger partial charge in [0.1, 0.15) is 5.51 Å². The Hall–Kier alpha value is -1.05. The molecule has 0 bridgehead atoms. The minimum Gasteiger partial charge on any atom is -0.342 e. The minimum absolute atomic E-state index is 0.614. The van der Waals surface area contributed by atoms with Gasteiger partial charge in [-0.05, 0) is 19.8 Å². The van der Waals surface area contributed by atoms with Gasteiger partial charge in [-0.2, -0.15) is 0 Å². The highest BCUT2D eigenvalue weighted by atomic mass is 32.1. The van der Waals surface area contributed by atoms with Crippen LogP contribution in [-0.4, -0.2) is 45.3 Å². The summed E-state index contributed by atoms with van der Waals surface area (Å²) in [6, 6.07) is 1.27. The molecule has 0 saturated carbocycles. The van der Waals surface area contributed by atoms with Crippen LogP contribution in [0, 0.1) is 6.92 Å². The Morgan fingerprint density at radius 2 is 2.15 bits per heavy atom. The van der Waals surface area contributed by atoms with E-state index in [2.05, 4.69) is 37.3 Å². The van der Waals surface area contributed by atoms with Gasteiger partial charge in [-0.3, -0.25) is 4.90 Å². The summed E-state index contributed by atoms with van der Waals surface area (Å²) in [5, 5.41) is 12.7. The smallest absolute Gasteiger partial charge is 0.208 e. The molecule has 106 valence electrons. The normalized spacial score (nSPS) is 26.4. The maximum absolute atomic E-state index is 4.60. The highest BCUT2D eigenvalue weighted by Crippen LogP contribution is 2.36. The fourth-order valence-electron chi connectivity index (χ4n) is 3.49. The zero-order valence-electron chi connectivity index (χ0n) is 11.4. The van der Waals surface area contributed by atoms with Crippen molar-refractivity contribution < 1.29 is 0 Å². The first-order valence-electron chi connectivity index (χ1n) is 6.99. The number of nitrogens with zero attached hydrogens (tertiary/aromatic N) is 5. The second-order valence-electron chi connectivity index (χ2n) is 5.46. The standard InChI is InChI=1S/C13H17N5S2/c1-9-15-10(7-19-9)6-17-4-2-12-11(17)3-5-18(12)13-16-14-8-20-13/h7-8,11-12H,2-6H2,1H3/t11-,12+/m0/s1. The van der Waals surface area contributed by atoms with Crippen LogP contribution in [-0.2, 0) is 6.54 Å². The van der Waals surface area contributed by atoms with Crippen LogP contribution in [0.25, 0.3) is 0 Å². The summed E-state index contributed by atoms with van der Waals surface area (Å²) >= 11 is 3.40. The third-order valence-electron chi connectivity index (χ3n) is 4.32. The molecule has 2 aliphatic heterocycles. The highest BCUT2D eigenvalue weighted by molar-refractivity contribution is 7.13. The minimum atomic E-state index is 0.614. The molecule has 0 N–H and O–H groups in total. The quantitative estimate of drug-likeness (QED) is 0.869. The predicted octanol–water partition coefficient (Wildman–Crippen LogP) is 2.16. The Bertz CT molecular complexity index is 581. The van der Waals surface area contributed by atoms with Gasteiger partial charge in [-0.1, -0.05) is 11.3 Å². The maximum Gasteiger partial charge on any atom is 0.208 e. The predicted molar refractivity (Wildman–Crippen MR) is 81.3 cm³/mol. The largest absolute Gasteiger partial charge is 0.342 e. The van der Waals surface area contributed by atoms with Crippen LogP contribution in [0.1, 0.15) is 23.5 Å². The van der Waals surface area contributed by atoms with Crippen LogP contribution in [0.15, 0.2) is 10.9 Å². The van der Waals surface area contributed by atoms with Crippen molar-refractivity contribution >= 4 is 27.8 Å². The number of rotatable bonds is 3. The molecule has 2 fully saturated rings. The van der Waals surface area contributed by atoms with Crippen molar-refractivity contribution in [3.63, 3.8) is 0 Å². The van der Waals surface area contributed by atoms with E-state index in [0.29, 0.717) is 12.1 Å². The number of hydrogen-bond acceptors (Lipinski definition) is 7. The molecule has 4 heterocycles. The molecule has 5 nitrogen and oxygen atoms in total. The van der Waals surface area contributed by atoms with E-state index in [1.165, 1.54) is 25.1 Å². The van der Waals surface area contributed by atoms with E-state index in [9.17, 15) is 0 Å². The third kappa shape index (κ3) is 2.13. The van der Waals surface area contributed by atoms with Gasteiger partial charge in [0.15, 0.2) is 0 Å². The summed E-state index contributed by atoms with van der Waals surface area (Å²) < 4.78 is 0. The lowest BCUT2D eigenvalue weighted by atomic mass is 10.1. The van der Waals surface area contributed by atoms with Gasteiger partial charge in [-0.25, -0.2) is 4.98 Å². The van der Waals surface area contributed by atoms with Gasteiger partial charge in [0.25, 0.3) is 0 Å². The first-order valence-corrected chi connectivity index (χ1v) is 8.75. The first-order chi connectivity index (χ1) is 9.81. The zero-order chi connectivity index (χ0) is 13.5. The molecule has 2 aromatic rings. The van der Waals surface area contributed by atoms with Crippen LogP contribution >= 0.6 is 22.7 Å². The molecule has 0 radical (unpaired) electrons.